The summed E-state index contributed by atoms with van der Waals surface area (Å²) < 4.78 is 0. The Labute approximate surface area is 88.4 Å². The lowest BCUT2D eigenvalue weighted by atomic mass is 10.2. The van der Waals surface area contributed by atoms with Crippen LogP contribution in [0, 0.1) is 18.8 Å². The first-order valence-electron chi connectivity index (χ1n) is 4.65. The number of carbonyl (C=O) groups is 1. The van der Waals surface area contributed by atoms with Gasteiger partial charge in [0, 0.05) is 18.7 Å². The molecule has 5 heteroatoms. The number of nitrogen functional groups attached to an aromatic ring is 1. The van der Waals surface area contributed by atoms with Gasteiger partial charge in [0.25, 0.3) is 5.91 Å². The smallest absolute Gasteiger partial charge is 0.256 e. The molecule has 0 atom stereocenters. The number of aromatic nitrogens is 2. The van der Waals surface area contributed by atoms with Crippen molar-refractivity contribution >= 4 is 11.7 Å². The fourth-order valence-corrected chi connectivity index (χ4v) is 1.19. The van der Waals surface area contributed by atoms with Crippen molar-refractivity contribution in [3.63, 3.8) is 0 Å². The zero-order valence-corrected chi connectivity index (χ0v) is 8.85. The van der Waals surface area contributed by atoms with E-state index in [9.17, 15) is 4.79 Å². The lowest BCUT2D eigenvalue weighted by Crippen LogP contribution is -2.25. The number of aryl methyl sites for hydroxylation is 1. The van der Waals surface area contributed by atoms with E-state index in [1.165, 1.54) is 0 Å². The molecule has 0 aliphatic rings. The zero-order chi connectivity index (χ0) is 11.3. The largest absolute Gasteiger partial charge is 0.382 e. The molecule has 0 saturated heterocycles. The summed E-state index contributed by atoms with van der Waals surface area (Å²) in [5.74, 6) is 5.63. The highest BCUT2D eigenvalue weighted by molar-refractivity contribution is 5.99. The number of H-pyrrole nitrogens is 1. The number of anilines is 1. The molecular formula is C10H14N4O. The maximum Gasteiger partial charge on any atom is 0.256 e. The van der Waals surface area contributed by atoms with Crippen LogP contribution in [0.15, 0.2) is 0 Å². The summed E-state index contributed by atoms with van der Waals surface area (Å²) in [6.07, 6.45) is 0.638. The van der Waals surface area contributed by atoms with Crippen molar-refractivity contribution in [2.24, 2.45) is 0 Å². The first-order valence-corrected chi connectivity index (χ1v) is 4.65. The Morgan fingerprint density at radius 2 is 2.40 bits per heavy atom. The van der Waals surface area contributed by atoms with E-state index in [1.54, 1.807) is 13.8 Å². The predicted octanol–water partition coefficient (Wildman–Crippen LogP) is 0.444. The minimum absolute atomic E-state index is 0.211. The number of rotatable bonds is 3. The van der Waals surface area contributed by atoms with Gasteiger partial charge in [-0.05, 0) is 13.8 Å². The molecule has 5 nitrogen and oxygen atoms in total. The van der Waals surface area contributed by atoms with Crippen LogP contribution in [0.4, 0.5) is 5.82 Å². The number of hydrogen-bond donors (Lipinski definition) is 3. The van der Waals surface area contributed by atoms with Gasteiger partial charge in [0.1, 0.15) is 5.56 Å². The molecule has 0 radical (unpaired) electrons. The van der Waals surface area contributed by atoms with Gasteiger partial charge in [-0.15, -0.1) is 11.8 Å². The van der Waals surface area contributed by atoms with Crippen LogP contribution in [0.5, 0.6) is 0 Å². The third kappa shape index (κ3) is 2.74. The molecule has 0 spiro atoms. The average molecular weight is 206 g/mol. The molecule has 4 N–H and O–H groups in total. The third-order valence-electron chi connectivity index (χ3n) is 1.91. The Morgan fingerprint density at radius 3 is 2.93 bits per heavy atom. The van der Waals surface area contributed by atoms with E-state index in [-0.39, 0.29) is 11.7 Å². The number of nitrogens with two attached hydrogens (primary N) is 1. The van der Waals surface area contributed by atoms with Gasteiger partial charge in [0.15, 0.2) is 5.82 Å². The second-order valence-corrected chi connectivity index (χ2v) is 3.04. The Bertz CT molecular complexity index is 391. The molecule has 1 rings (SSSR count). The fourth-order valence-electron chi connectivity index (χ4n) is 1.19. The molecule has 1 aromatic heterocycles. The quantitative estimate of drug-likeness (QED) is 0.495. The normalized spacial score (nSPS) is 9.20. The molecule has 0 aliphatic heterocycles. The van der Waals surface area contributed by atoms with E-state index in [4.69, 9.17) is 5.73 Å². The lowest BCUT2D eigenvalue weighted by molar-refractivity contribution is 0.0955. The topological polar surface area (TPSA) is 83.8 Å². The summed E-state index contributed by atoms with van der Waals surface area (Å²) in [7, 11) is 0. The summed E-state index contributed by atoms with van der Waals surface area (Å²) in [4.78, 5) is 11.6. The summed E-state index contributed by atoms with van der Waals surface area (Å²) in [5.41, 5.74) is 6.63. The van der Waals surface area contributed by atoms with Crippen molar-refractivity contribution in [2.75, 3.05) is 12.3 Å². The Balaban J connectivity index is 2.56. The highest BCUT2D eigenvalue weighted by atomic mass is 16.1. The van der Waals surface area contributed by atoms with E-state index in [2.05, 4.69) is 27.4 Å². The van der Waals surface area contributed by atoms with E-state index in [0.717, 1.165) is 0 Å². The number of nitrogens with zero attached hydrogens (tertiary/aromatic N) is 1. The monoisotopic (exact) mass is 206 g/mol. The van der Waals surface area contributed by atoms with Gasteiger partial charge in [0.05, 0.1) is 0 Å². The van der Waals surface area contributed by atoms with Crippen molar-refractivity contribution in [3.8, 4) is 11.8 Å². The molecule has 1 amide bonds. The van der Waals surface area contributed by atoms with Gasteiger partial charge in [-0.3, -0.25) is 9.89 Å². The Morgan fingerprint density at radius 1 is 1.67 bits per heavy atom. The maximum atomic E-state index is 11.6. The summed E-state index contributed by atoms with van der Waals surface area (Å²) >= 11 is 0. The molecule has 1 heterocycles. The number of nitrogens with one attached hydrogen (secondary N) is 2. The minimum atomic E-state index is -0.211. The second kappa shape index (κ2) is 5.05. The highest BCUT2D eigenvalue weighted by Gasteiger charge is 2.14. The van der Waals surface area contributed by atoms with Crippen molar-refractivity contribution < 1.29 is 4.79 Å². The van der Waals surface area contributed by atoms with Gasteiger partial charge >= 0.3 is 0 Å². The average Bonchev–Trinajstić information content (AvgIpc) is 2.53. The summed E-state index contributed by atoms with van der Waals surface area (Å²) in [6, 6.07) is 0. The Kier molecular flexibility index (Phi) is 3.75. The number of amides is 1. The van der Waals surface area contributed by atoms with Crippen LogP contribution in [-0.2, 0) is 0 Å². The maximum absolute atomic E-state index is 11.6. The van der Waals surface area contributed by atoms with Gasteiger partial charge in [0.2, 0.25) is 0 Å². The van der Waals surface area contributed by atoms with Crippen LogP contribution in [0.2, 0.25) is 0 Å². The molecule has 0 unspecified atom stereocenters. The number of aromatic amines is 1. The van der Waals surface area contributed by atoms with Crippen molar-refractivity contribution in [2.45, 2.75) is 20.3 Å². The van der Waals surface area contributed by atoms with Crippen molar-refractivity contribution in [1.82, 2.24) is 15.5 Å². The molecule has 15 heavy (non-hydrogen) atoms. The van der Waals surface area contributed by atoms with Crippen molar-refractivity contribution in [1.29, 1.82) is 0 Å². The van der Waals surface area contributed by atoms with Gasteiger partial charge < -0.3 is 11.1 Å². The van der Waals surface area contributed by atoms with E-state index in [0.29, 0.717) is 24.2 Å². The van der Waals surface area contributed by atoms with E-state index in [1.807, 2.05) is 0 Å². The van der Waals surface area contributed by atoms with Crippen LogP contribution in [-0.4, -0.2) is 22.6 Å². The first-order chi connectivity index (χ1) is 7.16. The van der Waals surface area contributed by atoms with E-state index < -0.39 is 0 Å². The third-order valence-corrected chi connectivity index (χ3v) is 1.91. The summed E-state index contributed by atoms with van der Waals surface area (Å²) in [6.45, 7) is 4.04. The zero-order valence-electron chi connectivity index (χ0n) is 8.85. The van der Waals surface area contributed by atoms with Crippen LogP contribution >= 0.6 is 0 Å². The number of hydrogen-bond acceptors (Lipinski definition) is 3. The lowest BCUT2D eigenvalue weighted by Gasteiger charge is -2.02. The highest BCUT2D eigenvalue weighted by Crippen LogP contribution is 2.11. The standard InChI is InChI=1S/C10H14N4O/c1-3-4-5-6-12-10(15)8-7(2)13-14-9(8)11/h5-6H2,1-2H3,(H,12,15)(H3,11,13,14). The fraction of sp³-hybridized carbons (Fsp3) is 0.400. The van der Waals surface area contributed by atoms with Crippen LogP contribution in [0.1, 0.15) is 29.4 Å². The van der Waals surface area contributed by atoms with Gasteiger partial charge in [-0.1, -0.05) is 0 Å². The van der Waals surface area contributed by atoms with E-state index >= 15 is 0 Å². The van der Waals surface area contributed by atoms with Crippen LogP contribution in [0.3, 0.4) is 0 Å². The first kappa shape index (κ1) is 11.1. The van der Waals surface area contributed by atoms with Gasteiger partial charge in [-0.25, -0.2) is 0 Å². The molecule has 1 aromatic rings. The van der Waals surface area contributed by atoms with Crippen molar-refractivity contribution in [3.05, 3.63) is 11.3 Å². The molecule has 0 bridgehead atoms. The van der Waals surface area contributed by atoms with Crippen LogP contribution in [0.25, 0.3) is 0 Å². The van der Waals surface area contributed by atoms with Crippen LogP contribution < -0.4 is 11.1 Å². The molecular weight excluding hydrogens is 192 g/mol. The molecule has 0 aromatic carbocycles. The Hall–Kier alpha value is -1.96. The number of carbonyl (C=O) groups excluding carboxylic acids is 1. The molecule has 0 saturated carbocycles. The second-order valence-electron chi connectivity index (χ2n) is 3.04. The summed E-state index contributed by atoms with van der Waals surface area (Å²) in [5, 5.41) is 9.12. The minimum Gasteiger partial charge on any atom is -0.382 e. The molecule has 0 fully saturated rings. The molecule has 0 aliphatic carbocycles. The van der Waals surface area contributed by atoms with Gasteiger partial charge in [-0.2, -0.15) is 5.10 Å². The SMILES string of the molecule is CC#CCCNC(=O)c1c(N)n[nH]c1C. The predicted molar refractivity (Wildman–Crippen MR) is 58.1 cm³/mol. The molecule has 80 valence electrons.